The molecule has 1 fully saturated rings. The van der Waals surface area contributed by atoms with Crippen LogP contribution in [0.4, 0.5) is 0 Å². The van der Waals surface area contributed by atoms with Crippen LogP contribution in [0.3, 0.4) is 0 Å². The zero-order valence-electron chi connectivity index (χ0n) is 11.6. The van der Waals surface area contributed by atoms with Crippen LogP contribution >= 0.6 is 23.2 Å². The molecule has 13 heteroatoms. The van der Waals surface area contributed by atoms with Crippen LogP contribution in [0.5, 0.6) is 0 Å². The Bertz CT molecular complexity index is 501. The Hall–Kier alpha value is 0.410. The number of ether oxygens (including phenoxy) is 1. The molecule has 1 heterocycles. The number of phosphoric acid groups is 2. The van der Waals surface area contributed by atoms with Gasteiger partial charge in [0, 0.05) is 6.66 Å². The summed E-state index contributed by atoms with van der Waals surface area (Å²) in [6.07, 6.45) is 0.103. The summed E-state index contributed by atoms with van der Waals surface area (Å²) in [5, 5.41) is 0. The molecule has 0 spiro atoms. The Kier molecular flexibility index (Phi) is 6.38. The summed E-state index contributed by atoms with van der Waals surface area (Å²) in [6, 6.07) is 0. The van der Waals surface area contributed by atoms with Gasteiger partial charge in [-0.25, -0.2) is 4.31 Å². The molecular formula is C8H16O10P3-3. The van der Waals surface area contributed by atoms with E-state index in [1.165, 1.54) is 0 Å². The lowest BCUT2D eigenvalue weighted by Crippen LogP contribution is -2.23. The molecule has 0 aromatic rings. The molecule has 0 aromatic carbocycles. The van der Waals surface area contributed by atoms with Crippen molar-refractivity contribution in [1.29, 1.82) is 0 Å². The van der Waals surface area contributed by atoms with Gasteiger partial charge in [0.15, 0.2) is 0 Å². The first-order chi connectivity index (χ1) is 9.30. The molecule has 5 unspecified atom stereocenters. The molecule has 0 bridgehead atoms. The van der Waals surface area contributed by atoms with Crippen molar-refractivity contribution in [3.05, 3.63) is 0 Å². The maximum atomic E-state index is 11.4. The zero-order valence-corrected chi connectivity index (χ0v) is 14.3. The lowest BCUT2D eigenvalue weighted by molar-refractivity contribution is -0.245. The molecule has 0 aromatic heterocycles. The van der Waals surface area contributed by atoms with E-state index < -0.39 is 36.0 Å². The second-order valence-corrected chi connectivity index (χ2v) is 9.72. The molecule has 0 amide bonds. The molecule has 6 atom stereocenters. The minimum Gasteiger partial charge on any atom is -0.778 e. The second kappa shape index (κ2) is 6.89. The fraction of sp³-hybridized carbons (Fsp3) is 1.00. The predicted octanol–water partition coefficient (Wildman–Crippen LogP) is -0.0303. The molecule has 0 aliphatic carbocycles. The molecular weight excluding hydrogens is 349 g/mol. The van der Waals surface area contributed by atoms with Crippen molar-refractivity contribution < 1.29 is 46.3 Å². The number of hydrogen-bond donors (Lipinski definition) is 0. The Labute approximate surface area is 122 Å². The average Bonchev–Trinajstić information content (AvgIpc) is 2.48. The fourth-order valence-corrected chi connectivity index (χ4v) is 5.21. The first-order valence-corrected chi connectivity index (χ1v) is 10.8. The maximum Gasteiger partial charge on any atom is 0.279 e. The van der Waals surface area contributed by atoms with E-state index >= 15 is 0 Å². The summed E-state index contributed by atoms with van der Waals surface area (Å²) >= 11 is 0. The minimum absolute atomic E-state index is 0.0211. The van der Waals surface area contributed by atoms with Crippen LogP contribution in [-0.4, -0.2) is 25.5 Å². The second-order valence-electron chi connectivity index (χ2n) is 4.82. The van der Waals surface area contributed by atoms with Crippen LogP contribution < -0.4 is 14.7 Å². The Morgan fingerprint density at radius 2 is 1.67 bits per heavy atom. The Morgan fingerprint density at radius 1 is 1.10 bits per heavy atom. The lowest BCUT2D eigenvalue weighted by atomic mass is 10.0. The van der Waals surface area contributed by atoms with Crippen molar-refractivity contribution in [2.75, 3.05) is 13.3 Å². The van der Waals surface area contributed by atoms with Crippen molar-refractivity contribution >= 4 is 23.2 Å². The highest BCUT2D eigenvalue weighted by Crippen LogP contribution is 2.61. The molecule has 21 heavy (non-hydrogen) atoms. The van der Waals surface area contributed by atoms with Crippen molar-refractivity contribution in [2.24, 2.45) is 5.92 Å². The molecule has 1 aliphatic heterocycles. The first kappa shape index (κ1) is 19.5. The van der Waals surface area contributed by atoms with E-state index in [9.17, 15) is 28.4 Å². The van der Waals surface area contributed by atoms with E-state index in [0.717, 1.165) is 0 Å². The molecule has 10 nitrogen and oxygen atoms in total. The monoisotopic (exact) mass is 365 g/mol. The van der Waals surface area contributed by atoms with Crippen LogP contribution in [0.25, 0.3) is 0 Å². The topological polar surface area (TPSA) is 157 Å². The van der Waals surface area contributed by atoms with Gasteiger partial charge in [0.25, 0.3) is 15.6 Å². The van der Waals surface area contributed by atoms with Gasteiger partial charge in [-0.2, -0.15) is 0 Å². The Morgan fingerprint density at radius 3 is 2.10 bits per heavy atom. The SMILES string of the molecule is CC1CC(C)[C@@H](COP(=O)([O-])OP(=O)([O-])OP(C)(=O)[O-])O1. The summed E-state index contributed by atoms with van der Waals surface area (Å²) in [5.74, 6) is 0.0211. The third-order valence-electron chi connectivity index (χ3n) is 2.59. The zero-order chi connectivity index (χ0) is 16.5. The van der Waals surface area contributed by atoms with Gasteiger partial charge in [0.05, 0.1) is 18.8 Å². The van der Waals surface area contributed by atoms with Crippen LogP contribution in [0, 0.1) is 5.92 Å². The van der Waals surface area contributed by atoms with E-state index in [1.54, 1.807) is 6.92 Å². The largest absolute Gasteiger partial charge is 0.778 e. The molecule has 1 saturated heterocycles. The van der Waals surface area contributed by atoms with E-state index in [-0.39, 0.29) is 12.0 Å². The van der Waals surface area contributed by atoms with Gasteiger partial charge < -0.3 is 28.5 Å². The van der Waals surface area contributed by atoms with Gasteiger partial charge in [-0.05, 0) is 19.3 Å². The summed E-state index contributed by atoms with van der Waals surface area (Å²) in [7, 11) is -15.6. The molecule has 1 rings (SSSR count). The van der Waals surface area contributed by atoms with Crippen LogP contribution in [0.2, 0.25) is 0 Å². The van der Waals surface area contributed by atoms with Gasteiger partial charge >= 0.3 is 0 Å². The predicted molar refractivity (Wildman–Crippen MR) is 65.0 cm³/mol. The summed E-state index contributed by atoms with van der Waals surface area (Å²) in [6.45, 7) is 3.64. The van der Waals surface area contributed by atoms with Crippen molar-refractivity contribution in [3.63, 3.8) is 0 Å². The molecule has 0 saturated carbocycles. The van der Waals surface area contributed by atoms with Crippen molar-refractivity contribution in [2.45, 2.75) is 32.5 Å². The van der Waals surface area contributed by atoms with E-state index in [0.29, 0.717) is 13.1 Å². The first-order valence-electron chi connectivity index (χ1n) is 5.93. The number of phosphoric ester groups is 1. The molecule has 0 N–H and O–H groups in total. The van der Waals surface area contributed by atoms with E-state index in [4.69, 9.17) is 4.74 Å². The van der Waals surface area contributed by atoms with Gasteiger partial charge in [-0.1, -0.05) is 6.92 Å². The third kappa shape index (κ3) is 7.48. The maximum absolute atomic E-state index is 11.4. The minimum atomic E-state index is -5.59. The highest BCUT2D eigenvalue weighted by molar-refractivity contribution is 7.66. The summed E-state index contributed by atoms with van der Waals surface area (Å²) in [4.78, 5) is 33.1. The molecule has 1 aliphatic rings. The molecule has 0 radical (unpaired) electrons. The molecule has 126 valence electrons. The van der Waals surface area contributed by atoms with Gasteiger partial charge in [0.2, 0.25) is 0 Å². The normalized spacial score (nSPS) is 34.9. The van der Waals surface area contributed by atoms with Crippen LogP contribution in [0.1, 0.15) is 20.3 Å². The number of hydrogen-bond acceptors (Lipinski definition) is 10. The van der Waals surface area contributed by atoms with Gasteiger partial charge in [-0.3, -0.25) is 13.4 Å². The Balaban J connectivity index is 2.56. The van der Waals surface area contributed by atoms with E-state index in [1.807, 2.05) is 6.92 Å². The van der Waals surface area contributed by atoms with Gasteiger partial charge in [-0.15, -0.1) is 0 Å². The summed E-state index contributed by atoms with van der Waals surface area (Å²) < 4.78 is 50.1. The van der Waals surface area contributed by atoms with Crippen molar-refractivity contribution in [1.82, 2.24) is 0 Å². The highest BCUT2D eigenvalue weighted by atomic mass is 31.3. The summed E-state index contributed by atoms with van der Waals surface area (Å²) in [5.41, 5.74) is 0. The third-order valence-corrected chi connectivity index (χ3v) is 6.64. The fourth-order valence-electron chi connectivity index (χ4n) is 1.87. The van der Waals surface area contributed by atoms with Crippen molar-refractivity contribution in [3.8, 4) is 0 Å². The van der Waals surface area contributed by atoms with Crippen LogP contribution in [-0.2, 0) is 31.6 Å². The smallest absolute Gasteiger partial charge is 0.279 e. The number of rotatable bonds is 7. The quantitative estimate of drug-likeness (QED) is 0.561. The highest BCUT2D eigenvalue weighted by Gasteiger charge is 2.31. The average molecular weight is 365 g/mol. The van der Waals surface area contributed by atoms with Gasteiger partial charge in [0.1, 0.15) is 7.60 Å². The van der Waals surface area contributed by atoms with Crippen LogP contribution in [0.15, 0.2) is 0 Å². The van der Waals surface area contributed by atoms with E-state index in [2.05, 4.69) is 13.1 Å². The standard InChI is InChI=1S/C8H19O10P3/c1-6-4-7(2)16-8(6)5-15-20(11,12)18-21(13,14)17-19(3,9)10/h6-8H,4-5H2,1-3H3,(H,9,10)(H,11,12)(H,13,14)/p-3/t6?,7?,8-/m1/s1. The lowest BCUT2D eigenvalue weighted by Gasteiger charge is -2.33.